The molecule has 1 saturated carbocycles. The number of hydrogen-bond acceptors (Lipinski definition) is 2. The van der Waals surface area contributed by atoms with E-state index < -0.39 is 0 Å². The lowest BCUT2D eigenvalue weighted by Crippen LogP contribution is -2.29. The Kier molecular flexibility index (Phi) is 8.52. The summed E-state index contributed by atoms with van der Waals surface area (Å²) in [6, 6.07) is 0. The Morgan fingerprint density at radius 3 is 1.95 bits per heavy atom. The van der Waals surface area contributed by atoms with Crippen molar-refractivity contribution in [3.63, 3.8) is 0 Å². The van der Waals surface area contributed by atoms with E-state index in [0.717, 1.165) is 6.54 Å². The lowest BCUT2D eigenvalue weighted by atomic mass is 9.92. The van der Waals surface area contributed by atoms with Crippen LogP contribution >= 0.6 is 0 Å². The third-order valence-corrected chi connectivity index (χ3v) is 4.02. The molecule has 1 rings (SSSR count). The summed E-state index contributed by atoms with van der Waals surface area (Å²) in [6.07, 6.45) is 12.6. The van der Waals surface area contributed by atoms with Gasteiger partial charge in [-0.2, -0.15) is 0 Å². The van der Waals surface area contributed by atoms with Crippen LogP contribution in [-0.2, 0) is 9.59 Å². The highest BCUT2D eigenvalue weighted by Crippen LogP contribution is 2.20. The number of carbonyl (C=O) groups excluding carboxylic acids is 2. The van der Waals surface area contributed by atoms with E-state index in [2.05, 4.69) is 5.32 Å². The number of hydrogen-bond donors (Lipinski definition) is 1. The van der Waals surface area contributed by atoms with Crippen LogP contribution < -0.4 is 5.32 Å². The summed E-state index contributed by atoms with van der Waals surface area (Å²) in [5, 5.41) is 3.00. The first-order valence-corrected chi connectivity index (χ1v) is 7.94. The first-order chi connectivity index (χ1) is 9.18. The van der Waals surface area contributed by atoms with Gasteiger partial charge in [0.1, 0.15) is 5.78 Å². The monoisotopic (exact) mass is 267 g/mol. The van der Waals surface area contributed by atoms with E-state index >= 15 is 0 Å². The first-order valence-electron chi connectivity index (χ1n) is 7.94. The van der Waals surface area contributed by atoms with Crippen LogP contribution in [0.3, 0.4) is 0 Å². The van der Waals surface area contributed by atoms with Crippen molar-refractivity contribution in [2.75, 3.05) is 6.54 Å². The minimum atomic E-state index is 0.0345. The van der Waals surface area contributed by atoms with Crippen LogP contribution in [-0.4, -0.2) is 18.2 Å². The van der Waals surface area contributed by atoms with Gasteiger partial charge in [0.05, 0.1) is 0 Å². The Morgan fingerprint density at radius 2 is 1.42 bits per heavy atom. The van der Waals surface area contributed by atoms with Gasteiger partial charge >= 0.3 is 0 Å². The number of nitrogens with one attached hydrogen (secondary N) is 1. The molecule has 0 bridgehead atoms. The molecule has 3 heteroatoms. The number of amides is 1. The Hall–Kier alpha value is -0.860. The molecule has 1 aliphatic carbocycles. The summed E-state index contributed by atoms with van der Waals surface area (Å²) in [5.41, 5.74) is 0. The normalized spacial score (nSPS) is 18.8. The predicted molar refractivity (Wildman–Crippen MR) is 78.0 cm³/mol. The average molecular weight is 267 g/mol. The second-order valence-corrected chi connectivity index (χ2v) is 5.92. The smallest absolute Gasteiger partial charge is 0.220 e. The van der Waals surface area contributed by atoms with Crippen LogP contribution in [0.2, 0.25) is 0 Å². The van der Waals surface area contributed by atoms with Gasteiger partial charge in [0.2, 0.25) is 5.91 Å². The van der Waals surface area contributed by atoms with Crippen molar-refractivity contribution in [3.8, 4) is 0 Å². The molecule has 110 valence electrons. The molecule has 0 aromatic heterocycles. The van der Waals surface area contributed by atoms with Crippen molar-refractivity contribution < 1.29 is 9.59 Å². The summed E-state index contributed by atoms with van der Waals surface area (Å²) in [5.74, 6) is 0.764. The molecule has 1 aliphatic rings. The van der Waals surface area contributed by atoms with Crippen LogP contribution in [0.4, 0.5) is 0 Å². The van der Waals surface area contributed by atoms with Crippen molar-refractivity contribution in [1.82, 2.24) is 5.32 Å². The molecule has 1 fully saturated rings. The molecule has 0 aliphatic heterocycles. The molecular weight excluding hydrogens is 238 g/mol. The van der Waals surface area contributed by atoms with E-state index in [1.807, 2.05) is 0 Å². The molecule has 0 radical (unpaired) electrons. The molecule has 0 unspecified atom stereocenters. The molecule has 0 aromatic rings. The summed E-state index contributed by atoms with van der Waals surface area (Å²) in [7, 11) is 0. The maximum Gasteiger partial charge on any atom is 0.220 e. The van der Waals surface area contributed by atoms with Gasteiger partial charge in [-0.25, -0.2) is 0 Å². The zero-order valence-electron chi connectivity index (χ0n) is 12.4. The van der Waals surface area contributed by atoms with Gasteiger partial charge in [-0.1, -0.05) is 44.9 Å². The number of rotatable bonds is 5. The zero-order valence-corrected chi connectivity index (χ0v) is 12.4. The molecule has 0 saturated heterocycles. The fraction of sp³-hybridized carbons (Fsp3) is 0.875. The third-order valence-electron chi connectivity index (χ3n) is 4.02. The average Bonchev–Trinajstić information content (AvgIpc) is 2.40. The standard InChI is InChI=1S/C16H29NO2/c1-14(18)11-12-16(19)17-13-15-9-7-5-3-2-4-6-8-10-15/h15H,2-13H2,1H3,(H,17,19). The van der Waals surface area contributed by atoms with Gasteiger partial charge in [0.15, 0.2) is 0 Å². The molecule has 0 heterocycles. The molecule has 3 nitrogen and oxygen atoms in total. The van der Waals surface area contributed by atoms with Crippen molar-refractivity contribution in [3.05, 3.63) is 0 Å². The van der Waals surface area contributed by atoms with Crippen LogP contribution in [0, 0.1) is 5.92 Å². The highest BCUT2D eigenvalue weighted by atomic mass is 16.2. The van der Waals surface area contributed by atoms with Gasteiger partial charge in [-0.15, -0.1) is 0 Å². The largest absolute Gasteiger partial charge is 0.356 e. The van der Waals surface area contributed by atoms with Gasteiger partial charge in [-0.05, 0) is 25.7 Å². The summed E-state index contributed by atoms with van der Waals surface area (Å²) in [6.45, 7) is 2.34. The van der Waals surface area contributed by atoms with E-state index in [4.69, 9.17) is 0 Å². The fourth-order valence-electron chi connectivity index (χ4n) is 2.73. The zero-order chi connectivity index (χ0) is 13.9. The van der Waals surface area contributed by atoms with Gasteiger partial charge in [0, 0.05) is 19.4 Å². The van der Waals surface area contributed by atoms with Gasteiger partial charge in [0.25, 0.3) is 0 Å². The number of carbonyl (C=O) groups is 2. The second kappa shape index (κ2) is 9.99. The van der Waals surface area contributed by atoms with Crippen LogP contribution in [0.25, 0.3) is 0 Å². The summed E-state index contributed by atoms with van der Waals surface area (Å²) >= 11 is 0. The Labute approximate surface area is 117 Å². The minimum absolute atomic E-state index is 0.0345. The predicted octanol–water partition coefficient (Wildman–Crippen LogP) is 3.61. The van der Waals surface area contributed by atoms with Crippen LogP contribution in [0.15, 0.2) is 0 Å². The van der Waals surface area contributed by atoms with Crippen molar-refractivity contribution in [2.45, 2.75) is 77.6 Å². The van der Waals surface area contributed by atoms with E-state index in [1.165, 1.54) is 64.7 Å². The van der Waals surface area contributed by atoms with Crippen LogP contribution in [0.5, 0.6) is 0 Å². The second-order valence-electron chi connectivity index (χ2n) is 5.92. The highest BCUT2D eigenvalue weighted by molar-refractivity contribution is 5.83. The molecule has 1 amide bonds. The SMILES string of the molecule is CC(=O)CCC(=O)NCC1CCCCCCCCC1. The maximum absolute atomic E-state index is 11.6. The summed E-state index contributed by atoms with van der Waals surface area (Å²) < 4.78 is 0. The molecule has 0 aromatic carbocycles. The first kappa shape index (κ1) is 16.2. The van der Waals surface area contributed by atoms with Crippen molar-refractivity contribution >= 4 is 11.7 Å². The Balaban J connectivity index is 2.20. The molecule has 19 heavy (non-hydrogen) atoms. The molecule has 1 N–H and O–H groups in total. The highest BCUT2D eigenvalue weighted by Gasteiger charge is 2.12. The number of ketones is 1. The van der Waals surface area contributed by atoms with Crippen molar-refractivity contribution in [2.24, 2.45) is 5.92 Å². The topological polar surface area (TPSA) is 46.2 Å². The molecule has 0 atom stereocenters. The van der Waals surface area contributed by atoms with Gasteiger partial charge in [-0.3, -0.25) is 4.79 Å². The Morgan fingerprint density at radius 1 is 0.895 bits per heavy atom. The quantitative estimate of drug-likeness (QED) is 0.827. The Bertz CT molecular complexity index is 266. The fourth-order valence-corrected chi connectivity index (χ4v) is 2.73. The summed E-state index contributed by atoms with van der Waals surface area (Å²) in [4.78, 5) is 22.4. The van der Waals surface area contributed by atoms with Crippen molar-refractivity contribution in [1.29, 1.82) is 0 Å². The maximum atomic E-state index is 11.6. The lowest BCUT2D eigenvalue weighted by molar-refractivity contribution is -0.124. The minimum Gasteiger partial charge on any atom is -0.356 e. The lowest BCUT2D eigenvalue weighted by Gasteiger charge is -2.19. The molecular formula is C16H29NO2. The van der Waals surface area contributed by atoms with E-state index in [1.54, 1.807) is 0 Å². The van der Waals surface area contributed by atoms with E-state index in [9.17, 15) is 9.59 Å². The van der Waals surface area contributed by atoms with E-state index in [0.29, 0.717) is 18.8 Å². The third kappa shape index (κ3) is 8.79. The number of Topliss-reactive ketones (excluding diaryl/α,β-unsaturated/α-hetero) is 1. The van der Waals surface area contributed by atoms with Crippen LogP contribution in [0.1, 0.15) is 77.6 Å². The molecule has 0 spiro atoms. The van der Waals surface area contributed by atoms with E-state index in [-0.39, 0.29) is 11.7 Å². The van der Waals surface area contributed by atoms with Gasteiger partial charge < -0.3 is 10.1 Å².